The molecule has 2 nitrogen and oxygen atoms in total. The standard InChI is InChI=1S/C18H15O2/c19-15-11-9-14(10-12-15)18(13-5-1-2-6-13)16-7-3-4-8-17(16)20/h1-12,18-20H. The fourth-order valence-corrected chi connectivity index (χ4v) is 2.53. The Morgan fingerprint density at radius 2 is 1.40 bits per heavy atom. The fourth-order valence-electron chi connectivity index (χ4n) is 2.53. The van der Waals surface area contributed by atoms with Crippen LogP contribution in [0.25, 0.3) is 0 Å². The molecule has 0 aromatic heterocycles. The Bertz CT molecular complexity index is 568. The Labute approximate surface area is 119 Å². The molecule has 2 aromatic carbocycles. The summed E-state index contributed by atoms with van der Waals surface area (Å²) in [5.41, 5.74) is 1.90. The lowest BCUT2D eigenvalue weighted by atomic mass is 9.79. The zero-order valence-electron chi connectivity index (χ0n) is 10.9. The van der Waals surface area contributed by atoms with Crippen molar-refractivity contribution in [3.8, 4) is 11.5 Å². The summed E-state index contributed by atoms with van der Waals surface area (Å²) in [6.07, 6.45) is 8.07. The molecule has 99 valence electrons. The normalized spacial score (nSPS) is 17.2. The first-order valence-corrected chi connectivity index (χ1v) is 6.54. The lowest BCUT2D eigenvalue weighted by Gasteiger charge is -2.24. The van der Waals surface area contributed by atoms with E-state index in [1.807, 2.05) is 56.0 Å². The number of aromatic hydroxyl groups is 2. The molecule has 0 bridgehead atoms. The summed E-state index contributed by atoms with van der Waals surface area (Å²) < 4.78 is 0. The molecule has 5 radical (unpaired) electrons. The molecule has 1 atom stereocenters. The van der Waals surface area contributed by atoms with Gasteiger partial charge in [0.05, 0.1) is 0 Å². The van der Waals surface area contributed by atoms with Crippen molar-refractivity contribution < 1.29 is 10.2 Å². The van der Waals surface area contributed by atoms with Crippen LogP contribution in [0.2, 0.25) is 0 Å². The molecule has 1 saturated carbocycles. The minimum atomic E-state index is -0.0354. The minimum Gasteiger partial charge on any atom is -0.508 e. The van der Waals surface area contributed by atoms with Gasteiger partial charge < -0.3 is 10.2 Å². The number of rotatable bonds is 3. The van der Waals surface area contributed by atoms with Crippen LogP contribution in [-0.4, -0.2) is 10.2 Å². The summed E-state index contributed by atoms with van der Waals surface area (Å²) in [4.78, 5) is 0. The summed E-state index contributed by atoms with van der Waals surface area (Å²) in [7, 11) is 0. The van der Waals surface area contributed by atoms with Crippen molar-refractivity contribution in [2.24, 2.45) is 0 Å². The van der Waals surface area contributed by atoms with Crippen LogP contribution in [-0.2, 0) is 0 Å². The van der Waals surface area contributed by atoms with E-state index in [1.54, 1.807) is 18.2 Å². The molecule has 1 fully saturated rings. The third-order valence-electron chi connectivity index (χ3n) is 3.50. The zero-order chi connectivity index (χ0) is 13.9. The third kappa shape index (κ3) is 2.51. The first-order valence-electron chi connectivity index (χ1n) is 6.54. The molecular formula is C18H15O2. The molecule has 1 unspecified atom stereocenters. The van der Waals surface area contributed by atoms with Gasteiger partial charge in [-0.3, -0.25) is 0 Å². The Kier molecular flexibility index (Phi) is 3.64. The van der Waals surface area contributed by atoms with Crippen LogP contribution < -0.4 is 0 Å². The highest BCUT2D eigenvalue weighted by atomic mass is 16.3. The van der Waals surface area contributed by atoms with E-state index in [1.165, 1.54) is 0 Å². The van der Waals surface area contributed by atoms with Crippen molar-refractivity contribution >= 4 is 0 Å². The van der Waals surface area contributed by atoms with Crippen LogP contribution in [0.4, 0.5) is 0 Å². The van der Waals surface area contributed by atoms with E-state index in [0.717, 1.165) is 17.0 Å². The molecule has 2 heteroatoms. The van der Waals surface area contributed by atoms with Crippen molar-refractivity contribution in [2.75, 3.05) is 0 Å². The van der Waals surface area contributed by atoms with E-state index < -0.39 is 0 Å². The van der Waals surface area contributed by atoms with E-state index >= 15 is 0 Å². The SMILES string of the molecule is Oc1ccc(C([C]2[CH][CH][CH][CH]2)c2ccccc2O)cc1. The molecule has 2 aromatic rings. The number of hydrogen-bond acceptors (Lipinski definition) is 2. The molecule has 0 heterocycles. The molecule has 20 heavy (non-hydrogen) atoms. The second-order valence-corrected chi connectivity index (χ2v) is 4.80. The Balaban J connectivity index is 2.04. The van der Waals surface area contributed by atoms with Gasteiger partial charge in [0.15, 0.2) is 0 Å². The van der Waals surface area contributed by atoms with Crippen LogP contribution in [0.5, 0.6) is 11.5 Å². The summed E-state index contributed by atoms with van der Waals surface area (Å²) >= 11 is 0. The highest BCUT2D eigenvalue weighted by Crippen LogP contribution is 2.44. The van der Waals surface area contributed by atoms with Crippen LogP contribution >= 0.6 is 0 Å². The maximum Gasteiger partial charge on any atom is 0.119 e. The van der Waals surface area contributed by atoms with Crippen molar-refractivity contribution in [3.05, 3.63) is 91.3 Å². The monoisotopic (exact) mass is 263 g/mol. The molecule has 2 N–H and O–H groups in total. The first-order chi connectivity index (χ1) is 9.75. The Morgan fingerprint density at radius 1 is 0.750 bits per heavy atom. The first kappa shape index (κ1) is 13.0. The van der Waals surface area contributed by atoms with Crippen molar-refractivity contribution in [1.82, 2.24) is 0 Å². The molecule has 0 spiro atoms. The van der Waals surface area contributed by atoms with E-state index in [2.05, 4.69) is 0 Å². The summed E-state index contributed by atoms with van der Waals surface area (Å²) in [6, 6.07) is 14.5. The number of phenols is 2. The summed E-state index contributed by atoms with van der Waals surface area (Å²) in [5, 5.41) is 19.6. The number of phenolic OH excluding ortho intramolecular Hbond substituents is 2. The van der Waals surface area contributed by atoms with E-state index in [-0.39, 0.29) is 17.4 Å². The second-order valence-electron chi connectivity index (χ2n) is 4.80. The maximum atomic E-state index is 10.1. The highest BCUT2D eigenvalue weighted by Gasteiger charge is 2.30. The molecule has 0 amide bonds. The van der Waals surface area contributed by atoms with Crippen LogP contribution in [0.3, 0.4) is 0 Å². The third-order valence-corrected chi connectivity index (χ3v) is 3.50. The molecular weight excluding hydrogens is 248 g/mol. The molecule has 1 aliphatic carbocycles. The second kappa shape index (κ2) is 5.58. The lowest BCUT2D eigenvalue weighted by Crippen LogP contribution is -2.10. The van der Waals surface area contributed by atoms with Gasteiger partial charge in [0.2, 0.25) is 0 Å². The molecule has 0 aliphatic heterocycles. The van der Waals surface area contributed by atoms with E-state index in [9.17, 15) is 10.2 Å². The summed E-state index contributed by atoms with van der Waals surface area (Å²) in [5.74, 6) is 1.61. The van der Waals surface area contributed by atoms with Gasteiger partial charge in [-0.2, -0.15) is 0 Å². The van der Waals surface area contributed by atoms with Gasteiger partial charge in [-0.15, -0.1) is 0 Å². The van der Waals surface area contributed by atoms with Crippen LogP contribution in [0.1, 0.15) is 17.0 Å². The highest BCUT2D eigenvalue weighted by molar-refractivity contribution is 5.53. The van der Waals surface area contributed by atoms with E-state index in [4.69, 9.17) is 0 Å². The predicted molar refractivity (Wildman–Crippen MR) is 78.5 cm³/mol. The van der Waals surface area contributed by atoms with Gasteiger partial charge in [0, 0.05) is 11.5 Å². The maximum absolute atomic E-state index is 10.1. The lowest BCUT2D eigenvalue weighted by molar-refractivity contribution is 0.465. The molecule has 3 rings (SSSR count). The van der Waals surface area contributed by atoms with Gasteiger partial charge >= 0.3 is 0 Å². The quantitative estimate of drug-likeness (QED) is 0.887. The van der Waals surface area contributed by atoms with Gasteiger partial charge in [0.25, 0.3) is 0 Å². The van der Waals surface area contributed by atoms with E-state index in [0.29, 0.717) is 0 Å². The predicted octanol–water partition coefficient (Wildman–Crippen LogP) is 3.63. The zero-order valence-corrected chi connectivity index (χ0v) is 10.9. The minimum absolute atomic E-state index is 0.0354. The van der Waals surface area contributed by atoms with Crippen molar-refractivity contribution in [2.45, 2.75) is 5.92 Å². The Morgan fingerprint density at radius 3 is 2.05 bits per heavy atom. The molecule has 1 aliphatic rings. The van der Waals surface area contributed by atoms with Gasteiger partial charge in [-0.25, -0.2) is 0 Å². The fraction of sp³-hybridized carbons (Fsp3) is 0.0556. The largest absolute Gasteiger partial charge is 0.508 e. The molecule has 0 saturated heterocycles. The van der Waals surface area contributed by atoms with Gasteiger partial charge in [0.1, 0.15) is 11.5 Å². The van der Waals surface area contributed by atoms with Gasteiger partial charge in [-0.1, -0.05) is 30.3 Å². The van der Waals surface area contributed by atoms with Gasteiger partial charge in [-0.05, 0) is 55.4 Å². The van der Waals surface area contributed by atoms with Crippen LogP contribution in [0, 0.1) is 31.6 Å². The number of hydrogen-bond donors (Lipinski definition) is 2. The van der Waals surface area contributed by atoms with Crippen molar-refractivity contribution in [1.29, 1.82) is 0 Å². The topological polar surface area (TPSA) is 40.5 Å². The number of para-hydroxylation sites is 1. The average molecular weight is 263 g/mol. The van der Waals surface area contributed by atoms with Crippen molar-refractivity contribution in [3.63, 3.8) is 0 Å². The van der Waals surface area contributed by atoms with Crippen LogP contribution in [0.15, 0.2) is 48.5 Å². The smallest absolute Gasteiger partial charge is 0.119 e. The average Bonchev–Trinajstić information content (AvgIpc) is 2.97. The number of benzene rings is 2. The Hall–Kier alpha value is -1.96. The summed E-state index contributed by atoms with van der Waals surface area (Å²) in [6.45, 7) is 0.